The Morgan fingerprint density at radius 3 is 2.97 bits per heavy atom. The number of ether oxygens (including phenoxy) is 1. The van der Waals surface area contributed by atoms with Gasteiger partial charge in [-0.2, -0.15) is 0 Å². The second kappa shape index (κ2) is 7.88. The van der Waals surface area contributed by atoms with Gasteiger partial charge in [-0.25, -0.2) is 0 Å². The summed E-state index contributed by atoms with van der Waals surface area (Å²) in [6, 6.07) is 11.8. The summed E-state index contributed by atoms with van der Waals surface area (Å²) in [6.07, 6.45) is 5.97. The van der Waals surface area contributed by atoms with E-state index >= 15 is 0 Å². The number of hydrogen-bond acceptors (Lipinski definition) is 5. The molecule has 1 aliphatic rings. The third-order valence-corrected chi connectivity index (χ3v) is 6.15. The van der Waals surface area contributed by atoms with Crippen molar-refractivity contribution in [3.8, 4) is 11.4 Å². The highest BCUT2D eigenvalue weighted by Gasteiger charge is 2.23. The van der Waals surface area contributed by atoms with Crippen LogP contribution in [0.5, 0.6) is 0 Å². The molecule has 1 fully saturated rings. The average molecular weight is 407 g/mol. The SMILES string of the molecule is O=C(CSc1nnc(-c2c[nH]c3ccccc23)n1CC1CCCO1)c1ccc[nH]1. The van der Waals surface area contributed by atoms with E-state index in [2.05, 4.69) is 30.8 Å². The molecule has 0 aliphatic carbocycles. The molecule has 1 aromatic carbocycles. The van der Waals surface area contributed by atoms with Gasteiger partial charge >= 0.3 is 0 Å². The van der Waals surface area contributed by atoms with Crippen molar-refractivity contribution in [2.75, 3.05) is 12.4 Å². The van der Waals surface area contributed by atoms with Gasteiger partial charge in [0.05, 0.1) is 24.1 Å². The van der Waals surface area contributed by atoms with E-state index in [0.717, 1.165) is 46.9 Å². The quantitative estimate of drug-likeness (QED) is 0.358. The summed E-state index contributed by atoms with van der Waals surface area (Å²) in [6.45, 7) is 1.48. The highest BCUT2D eigenvalue weighted by molar-refractivity contribution is 7.99. The lowest BCUT2D eigenvalue weighted by molar-refractivity contribution is 0.0953. The maximum absolute atomic E-state index is 12.4. The number of aromatic nitrogens is 5. The maximum atomic E-state index is 12.4. The van der Waals surface area contributed by atoms with E-state index in [-0.39, 0.29) is 11.9 Å². The molecule has 0 saturated carbocycles. The number of rotatable bonds is 7. The number of ketones is 1. The Morgan fingerprint density at radius 2 is 2.14 bits per heavy atom. The number of nitrogens with one attached hydrogen (secondary N) is 2. The summed E-state index contributed by atoms with van der Waals surface area (Å²) >= 11 is 1.41. The van der Waals surface area contributed by atoms with Crippen LogP contribution in [0.15, 0.2) is 53.9 Å². The Morgan fingerprint density at radius 1 is 1.21 bits per heavy atom. The van der Waals surface area contributed by atoms with E-state index in [9.17, 15) is 4.79 Å². The summed E-state index contributed by atoms with van der Waals surface area (Å²) in [7, 11) is 0. The molecule has 0 amide bonds. The number of H-pyrrole nitrogens is 2. The molecule has 3 aromatic heterocycles. The number of benzene rings is 1. The van der Waals surface area contributed by atoms with Gasteiger partial charge in [0.2, 0.25) is 0 Å². The lowest BCUT2D eigenvalue weighted by atomic mass is 10.1. The van der Waals surface area contributed by atoms with E-state index in [1.165, 1.54) is 11.8 Å². The van der Waals surface area contributed by atoms with Crippen LogP contribution in [0.4, 0.5) is 0 Å². The molecule has 5 rings (SSSR count). The number of hydrogen-bond donors (Lipinski definition) is 2. The first kappa shape index (κ1) is 18.2. The molecule has 1 saturated heterocycles. The first-order valence-electron chi connectivity index (χ1n) is 9.70. The van der Waals surface area contributed by atoms with Crippen molar-refractivity contribution in [1.29, 1.82) is 0 Å². The van der Waals surface area contributed by atoms with Crippen LogP contribution in [0, 0.1) is 0 Å². The Hall–Kier alpha value is -2.84. The first-order valence-corrected chi connectivity index (χ1v) is 10.7. The van der Waals surface area contributed by atoms with Crippen LogP contribution in [0.25, 0.3) is 22.3 Å². The number of para-hydroxylation sites is 1. The predicted octanol–water partition coefficient (Wildman–Crippen LogP) is 3.91. The molecular weight excluding hydrogens is 386 g/mol. The number of carbonyl (C=O) groups is 1. The monoisotopic (exact) mass is 407 g/mol. The van der Waals surface area contributed by atoms with Crippen LogP contribution in [0.2, 0.25) is 0 Å². The predicted molar refractivity (Wildman–Crippen MR) is 112 cm³/mol. The molecule has 8 heteroatoms. The fourth-order valence-corrected chi connectivity index (χ4v) is 4.55. The number of aromatic amines is 2. The Labute approximate surface area is 171 Å². The Balaban J connectivity index is 1.47. The molecule has 29 heavy (non-hydrogen) atoms. The third-order valence-electron chi connectivity index (χ3n) is 5.19. The van der Waals surface area contributed by atoms with Crippen LogP contribution in [0.1, 0.15) is 23.3 Å². The molecule has 0 spiro atoms. The van der Waals surface area contributed by atoms with Crippen molar-refractivity contribution in [1.82, 2.24) is 24.7 Å². The van der Waals surface area contributed by atoms with Crippen LogP contribution >= 0.6 is 11.8 Å². The van der Waals surface area contributed by atoms with Gasteiger partial charge in [0.25, 0.3) is 0 Å². The van der Waals surface area contributed by atoms with Crippen LogP contribution in [-0.4, -0.2) is 49.0 Å². The second-order valence-corrected chi connectivity index (χ2v) is 8.04. The van der Waals surface area contributed by atoms with E-state index in [0.29, 0.717) is 18.0 Å². The zero-order valence-corrected chi connectivity index (χ0v) is 16.6. The fourth-order valence-electron chi connectivity index (χ4n) is 3.72. The molecule has 0 radical (unpaired) electrons. The first-order chi connectivity index (χ1) is 14.3. The van der Waals surface area contributed by atoms with Crippen LogP contribution in [0.3, 0.4) is 0 Å². The normalized spacial score (nSPS) is 16.6. The molecule has 7 nitrogen and oxygen atoms in total. The van der Waals surface area contributed by atoms with Crippen molar-refractivity contribution in [2.45, 2.75) is 30.6 Å². The van der Waals surface area contributed by atoms with Crippen LogP contribution in [-0.2, 0) is 11.3 Å². The van der Waals surface area contributed by atoms with Gasteiger partial charge < -0.3 is 14.7 Å². The summed E-state index contributed by atoms with van der Waals surface area (Å²) in [5, 5.41) is 10.7. The minimum absolute atomic E-state index is 0.0420. The van der Waals surface area contributed by atoms with Gasteiger partial charge in [-0.3, -0.25) is 9.36 Å². The minimum atomic E-state index is 0.0420. The van der Waals surface area contributed by atoms with Gasteiger partial charge in [0.15, 0.2) is 16.8 Å². The molecule has 1 unspecified atom stereocenters. The van der Waals surface area contributed by atoms with Gasteiger partial charge in [-0.1, -0.05) is 30.0 Å². The van der Waals surface area contributed by atoms with Gasteiger partial charge in [-0.05, 0) is 31.0 Å². The second-order valence-electron chi connectivity index (χ2n) is 7.10. The molecule has 148 valence electrons. The number of fused-ring (bicyclic) bond motifs is 1. The zero-order valence-electron chi connectivity index (χ0n) is 15.8. The molecule has 1 aliphatic heterocycles. The minimum Gasteiger partial charge on any atom is -0.376 e. The topological polar surface area (TPSA) is 88.6 Å². The van der Waals surface area contributed by atoms with Gasteiger partial charge in [0, 0.05) is 35.5 Å². The summed E-state index contributed by atoms with van der Waals surface area (Å²) < 4.78 is 7.96. The van der Waals surface area contributed by atoms with E-state index < -0.39 is 0 Å². The number of Topliss-reactive ketones (excluding diaryl/α,β-unsaturated/α-hetero) is 1. The third kappa shape index (κ3) is 3.61. The standard InChI is InChI=1S/C21H21N5O2S/c27-19(18-8-3-9-22-18)13-29-21-25-24-20(26(21)12-14-5-4-10-28-14)16-11-23-17-7-2-1-6-15(16)17/h1-3,6-9,11,14,22-23H,4-5,10,12-13H2. The Kier molecular flexibility index (Phi) is 4.95. The van der Waals surface area contributed by atoms with Crippen molar-refractivity contribution in [3.05, 3.63) is 54.5 Å². The molecule has 0 bridgehead atoms. The molecule has 1 atom stereocenters. The number of carbonyl (C=O) groups excluding carboxylic acids is 1. The fraction of sp³-hybridized carbons (Fsp3) is 0.286. The Bertz CT molecular complexity index is 1130. The van der Waals surface area contributed by atoms with E-state index in [4.69, 9.17) is 4.74 Å². The van der Waals surface area contributed by atoms with Crippen molar-refractivity contribution >= 4 is 28.4 Å². The number of thioether (sulfide) groups is 1. The van der Waals surface area contributed by atoms with Gasteiger partial charge in [-0.15, -0.1) is 10.2 Å². The van der Waals surface area contributed by atoms with E-state index in [1.54, 1.807) is 12.3 Å². The van der Waals surface area contributed by atoms with Gasteiger partial charge in [0.1, 0.15) is 0 Å². The van der Waals surface area contributed by atoms with E-state index in [1.807, 2.05) is 30.5 Å². The summed E-state index contributed by atoms with van der Waals surface area (Å²) in [5.41, 5.74) is 2.68. The largest absolute Gasteiger partial charge is 0.376 e. The van der Waals surface area contributed by atoms with Crippen molar-refractivity contribution < 1.29 is 9.53 Å². The van der Waals surface area contributed by atoms with Crippen molar-refractivity contribution in [3.63, 3.8) is 0 Å². The number of nitrogens with zero attached hydrogens (tertiary/aromatic N) is 3. The molecule has 2 N–H and O–H groups in total. The summed E-state index contributed by atoms with van der Waals surface area (Å²) in [5.74, 6) is 1.14. The lowest BCUT2D eigenvalue weighted by Crippen LogP contribution is -2.17. The average Bonchev–Trinajstić information content (AvgIpc) is 3.53. The highest BCUT2D eigenvalue weighted by Crippen LogP contribution is 2.31. The van der Waals surface area contributed by atoms with Crippen molar-refractivity contribution in [2.24, 2.45) is 0 Å². The molecular formula is C21H21N5O2S. The molecule has 4 heterocycles. The zero-order chi connectivity index (χ0) is 19.6. The highest BCUT2D eigenvalue weighted by atomic mass is 32.2. The molecule has 4 aromatic rings. The smallest absolute Gasteiger partial charge is 0.192 e. The lowest BCUT2D eigenvalue weighted by Gasteiger charge is -2.14. The summed E-state index contributed by atoms with van der Waals surface area (Å²) in [4.78, 5) is 18.7. The van der Waals surface area contributed by atoms with Crippen LogP contribution < -0.4 is 0 Å². The maximum Gasteiger partial charge on any atom is 0.192 e.